The van der Waals surface area contributed by atoms with E-state index in [1.54, 1.807) is 12.4 Å². The highest BCUT2D eigenvalue weighted by Gasteiger charge is 2.12. The zero-order valence-electron chi connectivity index (χ0n) is 9.94. The smallest absolute Gasteiger partial charge is 0.132 e. The molecule has 2 aromatic heterocycles. The van der Waals surface area contributed by atoms with Gasteiger partial charge in [0.1, 0.15) is 5.82 Å². The van der Waals surface area contributed by atoms with Crippen LogP contribution in [0.25, 0.3) is 0 Å². The van der Waals surface area contributed by atoms with E-state index < -0.39 is 0 Å². The molecule has 4 nitrogen and oxygen atoms in total. The van der Waals surface area contributed by atoms with Crippen molar-refractivity contribution in [3.8, 4) is 0 Å². The molecule has 2 heterocycles. The maximum atomic E-state index is 4.49. The van der Waals surface area contributed by atoms with Crippen LogP contribution >= 0.6 is 0 Å². The van der Waals surface area contributed by atoms with Gasteiger partial charge in [0.25, 0.3) is 0 Å². The first-order chi connectivity index (χ1) is 7.72. The summed E-state index contributed by atoms with van der Waals surface area (Å²) >= 11 is 0. The Balaban J connectivity index is 2.34. The van der Waals surface area contributed by atoms with Crippen LogP contribution in [0.1, 0.15) is 29.7 Å². The van der Waals surface area contributed by atoms with Gasteiger partial charge in [0.05, 0.1) is 5.69 Å². The fraction of sp³-hybridized carbons (Fsp3) is 0.417. The molecule has 0 unspecified atom stereocenters. The maximum Gasteiger partial charge on any atom is 0.132 e. The highest BCUT2D eigenvalue weighted by atomic mass is 15.3. The second-order valence-corrected chi connectivity index (χ2v) is 3.83. The molecular weight excluding hydrogens is 200 g/mol. The zero-order chi connectivity index (χ0) is 11.5. The molecule has 0 saturated carbocycles. The Hall–Kier alpha value is -1.71. The number of aryl methyl sites for hydroxylation is 2. The van der Waals surface area contributed by atoms with E-state index in [1.807, 2.05) is 17.8 Å². The van der Waals surface area contributed by atoms with E-state index in [1.165, 1.54) is 11.3 Å². The molecule has 84 valence electrons. The molecule has 0 N–H and O–H groups in total. The second-order valence-electron chi connectivity index (χ2n) is 3.83. The summed E-state index contributed by atoms with van der Waals surface area (Å²) in [6.45, 7) is 4.21. The molecule has 0 fully saturated rings. The summed E-state index contributed by atoms with van der Waals surface area (Å²) < 4.78 is 1.93. The lowest BCUT2D eigenvalue weighted by atomic mass is 10.1. The average Bonchev–Trinajstić information content (AvgIpc) is 2.58. The van der Waals surface area contributed by atoms with Crippen molar-refractivity contribution in [2.75, 3.05) is 0 Å². The van der Waals surface area contributed by atoms with E-state index in [0.29, 0.717) is 0 Å². The molecule has 16 heavy (non-hydrogen) atoms. The SMILES string of the molecule is CCc1nn(C)c(C)c1Cc1ncccn1. The Kier molecular flexibility index (Phi) is 2.99. The average molecular weight is 216 g/mol. The minimum Gasteiger partial charge on any atom is -0.272 e. The Morgan fingerprint density at radius 3 is 2.56 bits per heavy atom. The molecule has 0 spiro atoms. The quantitative estimate of drug-likeness (QED) is 0.784. The first-order valence-electron chi connectivity index (χ1n) is 5.49. The van der Waals surface area contributed by atoms with Gasteiger partial charge in [0.2, 0.25) is 0 Å². The topological polar surface area (TPSA) is 43.6 Å². The van der Waals surface area contributed by atoms with E-state index >= 15 is 0 Å². The van der Waals surface area contributed by atoms with Crippen molar-refractivity contribution >= 4 is 0 Å². The molecule has 0 saturated heterocycles. The molecular formula is C12H16N4. The van der Waals surface area contributed by atoms with Crippen LogP contribution in [0.5, 0.6) is 0 Å². The summed E-state index contributed by atoms with van der Waals surface area (Å²) in [5.41, 5.74) is 3.60. The molecule has 0 aliphatic carbocycles. The van der Waals surface area contributed by atoms with Gasteiger partial charge in [-0.1, -0.05) is 6.92 Å². The number of nitrogens with zero attached hydrogens (tertiary/aromatic N) is 4. The number of hydrogen-bond donors (Lipinski definition) is 0. The first kappa shape index (κ1) is 10.8. The van der Waals surface area contributed by atoms with Gasteiger partial charge in [0, 0.05) is 37.1 Å². The van der Waals surface area contributed by atoms with Crippen molar-refractivity contribution in [1.29, 1.82) is 0 Å². The molecule has 0 aliphatic rings. The van der Waals surface area contributed by atoms with Crippen molar-refractivity contribution in [1.82, 2.24) is 19.7 Å². The molecule has 2 aromatic rings. The molecule has 0 amide bonds. The lowest BCUT2D eigenvalue weighted by Gasteiger charge is -2.01. The minimum atomic E-state index is 0.768. The van der Waals surface area contributed by atoms with E-state index in [2.05, 4.69) is 28.9 Å². The van der Waals surface area contributed by atoms with Gasteiger partial charge in [0.15, 0.2) is 0 Å². The summed E-state index contributed by atoms with van der Waals surface area (Å²) in [5.74, 6) is 0.855. The van der Waals surface area contributed by atoms with Crippen LogP contribution in [0.2, 0.25) is 0 Å². The van der Waals surface area contributed by atoms with Gasteiger partial charge in [-0.2, -0.15) is 5.10 Å². The Morgan fingerprint density at radius 1 is 1.25 bits per heavy atom. The summed E-state index contributed by atoms with van der Waals surface area (Å²) in [7, 11) is 1.98. The van der Waals surface area contributed by atoms with Crippen molar-refractivity contribution in [3.05, 3.63) is 41.2 Å². The predicted molar refractivity (Wildman–Crippen MR) is 62.2 cm³/mol. The lowest BCUT2D eigenvalue weighted by molar-refractivity contribution is 0.723. The van der Waals surface area contributed by atoms with Gasteiger partial charge < -0.3 is 0 Å². The third-order valence-corrected chi connectivity index (χ3v) is 2.83. The number of hydrogen-bond acceptors (Lipinski definition) is 3. The van der Waals surface area contributed by atoms with Crippen molar-refractivity contribution < 1.29 is 0 Å². The first-order valence-corrected chi connectivity index (χ1v) is 5.49. The van der Waals surface area contributed by atoms with E-state index in [9.17, 15) is 0 Å². The van der Waals surface area contributed by atoms with Crippen LogP contribution in [0.4, 0.5) is 0 Å². The largest absolute Gasteiger partial charge is 0.272 e. The minimum absolute atomic E-state index is 0.768. The van der Waals surface area contributed by atoms with E-state index in [-0.39, 0.29) is 0 Å². The Morgan fingerprint density at radius 2 is 1.94 bits per heavy atom. The van der Waals surface area contributed by atoms with Crippen LogP contribution in [-0.4, -0.2) is 19.7 Å². The van der Waals surface area contributed by atoms with E-state index in [0.717, 1.165) is 24.4 Å². The van der Waals surface area contributed by atoms with E-state index in [4.69, 9.17) is 0 Å². The standard InChI is InChI=1S/C12H16N4/c1-4-11-10(9(2)16(3)15-11)8-12-13-6-5-7-14-12/h5-7H,4,8H2,1-3H3. The molecule has 0 radical (unpaired) electrons. The lowest BCUT2D eigenvalue weighted by Crippen LogP contribution is -1.99. The predicted octanol–water partition coefficient (Wildman–Crippen LogP) is 1.67. The second kappa shape index (κ2) is 4.43. The van der Waals surface area contributed by atoms with Crippen LogP contribution in [-0.2, 0) is 19.9 Å². The Labute approximate surface area is 95.4 Å². The maximum absolute atomic E-state index is 4.49. The number of rotatable bonds is 3. The zero-order valence-corrected chi connectivity index (χ0v) is 9.94. The summed E-state index contributed by atoms with van der Waals surface area (Å²) in [6, 6.07) is 1.83. The normalized spacial score (nSPS) is 10.7. The van der Waals surface area contributed by atoms with Gasteiger partial charge in [-0.15, -0.1) is 0 Å². The molecule has 0 aromatic carbocycles. The van der Waals surface area contributed by atoms with Crippen molar-refractivity contribution in [3.63, 3.8) is 0 Å². The molecule has 0 aliphatic heterocycles. The van der Waals surface area contributed by atoms with Crippen LogP contribution in [0.3, 0.4) is 0 Å². The molecule has 0 atom stereocenters. The molecule has 0 bridgehead atoms. The fourth-order valence-corrected chi connectivity index (χ4v) is 1.81. The Bertz CT molecular complexity index is 473. The van der Waals surface area contributed by atoms with Crippen molar-refractivity contribution in [2.24, 2.45) is 7.05 Å². The third-order valence-electron chi connectivity index (χ3n) is 2.83. The summed E-state index contributed by atoms with van der Waals surface area (Å²) in [5, 5.41) is 4.49. The summed E-state index contributed by atoms with van der Waals surface area (Å²) in [6.07, 6.45) is 5.27. The highest BCUT2D eigenvalue weighted by molar-refractivity contribution is 5.28. The van der Waals surface area contributed by atoms with Gasteiger partial charge >= 0.3 is 0 Å². The summed E-state index contributed by atoms with van der Waals surface area (Å²) in [4.78, 5) is 8.50. The highest BCUT2D eigenvalue weighted by Crippen LogP contribution is 2.16. The van der Waals surface area contributed by atoms with Crippen LogP contribution < -0.4 is 0 Å². The van der Waals surface area contributed by atoms with Gasteiger partial charge in [-0.25, -0.2) is 9.97 Å². The third kappa shape index (κ3) is 1.96. The monoisotopic (exact) mass is 216 g/mol. The van der Waals surface area contributed by atoms with Gasteiger partial charge in [-0.05, 0) is 19.4 Å². The molecule has 4 heteroatoms. The number of aromatic nitrogens is 4. The van der Waals surface area contributed by atoms with Gasteiger partial charge in [-0.3, -0.25) is 4.68 Å². The van der Waals surface area contributed by atoms with Crippen LogP contribution in [0, 0.1) is 6.92 Å². The molecule has 2 rings (SSSR count). The fourth-order valence-electron chi connectivity index (χ4n) is 1.81. The van der Waals surface area contributed by atoms with Crippen molar-refractivity contribution in [2.45, 2.75) is 26.7 Å². The van der Waals surface area contributed by atoms with Crippen LogP contribution in [0.15, 0.2) is 18.5 Å².